The minimum absolute atomic E-state index is 0.0188. The highest BCUT2D eigenvalue weighted by Gasteiger charge is 2.12. The first kappa shape index (κ1) is 24.6. The summed E-state index contributed by atoms with van der Waals surface area (Å²) in [6.07, 6.45) is 0.601. The lowest BCUT2D eigenvalue weighted by Gasteiger charge is -2.12. The quantitative estimate of drug-likeness (QED) is 0.321. The molecule has 1 N–H and O–H groups in total. The molecule has 3 aromatic carbocycles. The number of amides is 1. The van der Waals surface area contributed by atoms with Crippen molar-refractivity contribution in [1.82, 2.24) is 14.9 Å². The first-order valence-electron chi connectivity index (χ1n) is 11.7. The van der Waals surface area contributed by atoms with E-state index in [0.717, 1.165) is 50.1 Å². The summed E-state index contributed by atoms with van der Waals surface area (Å²) in [7, 11) is 0. The van der Waals surface area contributed by atoms with Gasteiger partial charge < -0.3 is 19.4 Å². The highest BCUT2D eigenvalue weighted by molar-refractivity contribution is 6.31. The molecule has 0 unspecified atom stereocenters. The number of carbonyl (C=O) groups excluding carboxylic acids is 1. The Labute approximate surface area is 210 Å². The van der Waals surface area contributed by atoms with Crippen molar-refractivity contribution in [3.05, 3.63) is 88.2 Å². The molecule has 182 valence electrons. The van der Waals surface area contributed by atoms with E-state index < -0.39 is 0 Å². The molecule has 0 aliphatic rings. The number of halogens is 1. The van der Waals surface area contributed by atoms with Crippen molar-refractivity contribution in [3.8, 4) is 11.5 Å². The number of hydrogen-bond acceptors (Lipinski definition) is 4. The normalized spacial score (nSPS) is 11.0. The topological polar surface area (TPSA) is 65.4 Å². The van der Waals surface area contributed by atoms with E-state index in [1.807, 2.05) is 75.4 Å². The fourth-order valence-electron chi connectivity index (χ4n) is 3.90. The monoisotopic (exact) mass is 491 g/mol. The summed E-state index contributed by atoms with van der Waals surface area (Å²) in [6, 6.07) is 19.6. The third-order valence-electron chi connectivity index (χ3n) is 5.82. The number of nitrogens with one attached hydrogen (secondary N) is 1. The van der Waals surface area contributed by atoms with Crippen LogP contribution in [0.2, 0.25) is 5.02 Å². The van der Waals surface area contributed by atoms with E-state index in [0.29, 0.717) is 26.1 Å². The third-order valence-corrected chi connectivity index (χ3v) is 6.24. The van der Waals surface area contributed by atoms with Crippen LogP contribution in [0, 0.1) is 20.8 Å². The van der Waals surface area contributed by atoms with Gasteiger partial charge in [0.2, 0.25) is 0 Å². The first-order chi connectivity index (χ1) is 16.9. The minimum Gasteiger partial charge on any atom is -0.492 e. The van der Waals surface area contributed by atoms with Gasteiger partial charge in [-0.05, 0) is 73.9 Å². The average Bonchev–Trinajstić information content (AvgIpc) is 3.19. The molecule has 0 aliphatic carbocycles. The van der Waals surface area contributed by atoms with Gasteiger partial charge in [-0.2, -0.15) is 0 Å². The summed E-state index contributed by atoms with van der Waals surface area (Å²) in [6.45, 7) is 7.50. The zero-order chi connectivity index (χ0) is 24.8. The summed E-state index contributed by atoms with van der Waals surface area (Å²) in [4.78, 5) is 17.1. The lowest BCUT2D eigenvalue weighted by atomic mass is 10.1. The Kier molecular flexibility index (Phi) is 7.93. The van der Waals surface area contributed by atoms with Crippen molar-refractivity contribution in [2.45, 2.75) is 33.7 Å². The summed E-state index contributed by atoms with van der Waals surface area (Å²) in [5, 5.41) is 3.66. The Bertz CT molecular complexity index is 1330. The van der Waals surface area contributed by atoms with Crippen molar-refractivity contribution in [1.29, 1.82) is 0 Å². The van der Waals surface area contributed by atoms with Gasteiger partial charge >= 0.3 is 0 Å². The highest BCUT2D eigenvalue weighted by atomic mass is 35.5. The maximum Gasteiger partial charge on any atom is 0.257 e. The fraction of sp³-hybridized carbons (Fsp3) is 0.286. The Morgan fingerprint density at radius 1 is 1.00 bits per heavy atom. The Morgan fingerprint density at radius 2 is 1.83 bits per heavy atom. The van der Waals surface area contributed by atoms with Crippen LogP contribution in [0.25, 0.3) is 11.0 Å². The smallest absolute Gasteiger partial charge is 0.257 e. The van der Waals surface area contributed by atoms with Crippen LogP contribution in [0.15, 0.2) is 60.7 Å². The second kappa shape index (κ2) is 11.3. The molecule has 0 saturated heterocycles. The Hall–Kier alpha value is -3.51. The van der Waals surface area contributed by atoms with Crippen LogP contribution in [0.4, 0.5) is 0 Å². The summed E-state index contributed by atoms with van der Waals surface area (Å²) >= 11 is 6.11. The molecule has 7 heteroatoms. The van der Waals surface area contributed by atoms with Gasteiger partial charge in [-0.1, -0.05) is 35.9 Å². The van der Waals surface area contributed by atoms with Gasteiger partial charge in [-0.25, -0.2) is 4.98 Å². The number of para-hydroxylation sites is 2. The van der Waals surface area contributed by atoms with Crippen molar-refractivity contribution >= 4 is 28.5 Å². The zero-order valence-corrected chi connectivity index (χ0v) is 21.1. The number of aromatic nitrogens is 2. The number of benzene rings is 3. The number of aryl methyl sites for hydroxylation is 3. The number of imidazole rings is 1. The van der Waals surface area contributed by atoms with Gasteiger partial charge in [-0.3, -0.25) is 4.79 Å². The molecule has 0 bridgehead atoms. The molecule has 0 radical (unpaired) electrons. The molecule has 1 heterocycles. The molecular formula is C28H30ClN3O3. The van der Waals surface area contributed by atoms with Crippen molar-refractivity contribution in [2.24, 2.45) is 0 Å². The van der Waals surface area contributed by atoms with Crippen LogP contribution in [-0.4, -0.2) is 35.2 Å². The Balaban J connectivity index is 1.34. The molecule has 0 aliphatic heterocycles. The largest absolute Gasteiger partial charge is 0.492 e. The van der Waals surface area contributed by atoms with E-state index in [-0.39, 0.29) is 12.5 Å². The lowest BCUT2D eigenvalue weighted by molar-refractivity contribution is -0.123. The number of fused-ring (bicyclic) bond motifs is 1. The zero-order valence-electron chi connectivity index (χ0n) is 20.3. The third kappa shape index (κ3) is 6.34. The summed E-state index contributed by atoms with van der Waals surface area (Å²) in [5.74, 6) is 2.26. The average molecular weight is 492 g/mol. The molecule has 0 atom stereocenters. The molecule has 35 heavy (non-hydrogen) atoms. The molecular weight excluding hydrogens is 462 g/mol. The van der Waals surface area contributed by atoms with Crippen LogP contribution in [-0.2, 0) is 17.8 Å². The molecule has 0 fully saturated rings. The molecule has 0 spiro atoms. The van der Waals surface area contributed by atoms with E-state index in [1.54, 1.807) is 0 Å². The van der Waals surface area contributed by atoms with Gasteiger partial charge in [0.15, 0.2) is 6.61 Å². The van der Waals surface area contributed by atoms with Crippen molar-refractivity contribution in [2.75, 3.05) is 19.8 Å². The van der Waals surface area contributed by atoms with E-state index in [9.17, 15) is 4.79 Å². The summed E-state index contributed by atoms with van der Waals surface area (Å²) in [5.41, 5.74) is 5.06. The van der Waals surface area contributed by atoms with E-state index in [1.165, 1.54) is 0 Å². The standard InChI is InChI=1S/C28H30ClN3O3/c1-19-8-9-20(2)26(16-19)35-18-28(33)30-13-12-27-31-24-6-4-5-7-25(24)32(27)14-15-34-22-10-11-23(29)21(3)17-22/h4-11,16-17H,12-15,18H2,1-3H3,(H,30,33). The van der Waals surface area contributed by atoms with Crippen LogP contribution >= 0.6 is 11.6 Å². The highest BCUT2D eigenvalue weighted by Crippen LogP contribution is 2.22. The summed E-state index contributed by atoms with van der Waals surface area (Å²) < 4.78 is 13.8. The second-order valence-electron chi connectivity index (χ2n) is 8.59. The number of rotatable bonds is 10. The number of hydrogen-bond donors (Lipinski definition) is 1. The number of nitrogens with zero attached hydrogens (tertiary/aromatic N) is 2. The van der Waals surface area contributed by atoms with Crippen molar-refractivity contribution in [3.63, 3.8) is 0 Å². The SMILES string of the molecule is Cc1ccc(C)c(OCC(=O)NCCc2nc3ccccc3n2CCOc2ccc(Cl)c(C)c2)c1. The Morgan fingerprint density at radius 3 is 2.66 bits per heavy atom. The van der Waals surface area contributed by atoms with Crippen LogP contribution in [0.1, 0.15) is 22.5 Å². The maximum absolute atomic E-state index is 12.3. The van der Waals surface area contributed by atoms with Gasteiger partial charge in [0.1, 0.15) is 23.9 Å². The van der Waals surface area contributed by atoms with Gasteiger partial charge in [0, 0.05) is 18.0 Å². The predicted molar refractivity (Wildman–Crippen MR) is 140 cm³/mol. The van der Waals surface area contributed by atoms with Crippen LogP contribution in [0.5, 0.6) is 11.5 Å². The number of carbonyl (C=O) groups is 1. The van der Waals surface area contributed by atoms with E-state index in [4.69, 9.17) is 26.1 Å². The lowest BCUT2D eigenvalue weighted by Crippen LogP contribution is -2.31. The van der Waals surface area contributed by atoms with Gasteiger partial charge in [-0.15, -0.1) is 0 Å². The molecule has 0 saturated carbocycles. The first-order valence-corrected chi connectivity index (χ1v) is 12.1. The molecule has 1 aromatic heterocycles. The number of ether oxygens (including phenoxy) is 2. The molecule has 1 amide bonds. The van der Waals surface area contributed by atoms with Gasteiger partial charge in [0.05, 0.1) is 17.6 Å². The van der Waals surface area contributed by atoms with Crippen LogP contribution in [0.3, 0.4) is 0 Å². The fourth-order valence-corrected chi connectivity index (χ4v) is 4.02. The van der Waals surface area contributed by atoms with Crippen LogP contribution < -0.4 is 14.8 Å². The second-order valence-corrected chi connectivity index (χ2v) is 8.99. The molecule has 4 aromatic rings. The van der Waals surface area contributed by atoms with Gasteiger partial charge in [0.25, 0.3) is 5.91 Å². The van der Waals surface area contributed by atoms with E-state index in [2.05, 4.69) is 16.0 Å². The minimum atomic E-state index is -0.157. The van der Waals surface area contributed by atoms with E-state index >= 15 is 0 Å². The molecule has 6 nitrogen and oxygen atoms in total. The maximum atomic E-state index is 12.3. The van der Waals surface area contributed by atoms with Crippen molar-refractivity contribution < 1.29 is 14.3 Å². The molecule has 4 rings (SSSR count). The predicted octanol–water partition coefficient (Wildman–Crippen LogP) is 5.43.